The molecule has 1 aromatic heterocycles. The van der Waals surface area contributed by atoms with E-state index in [1.165, 1.54) is 22.3 Å². The maximum absolute atomic E-state index is 10.1. The highest BCUT2D eigenvalue weighted by Gasteiger charge is 2.51. The first-order valence-electron chi connectivity index (χ1n) is 19.5. The summed E-state index contributed by atoms with van der Waals surface area (Å²) in [6, 6.07) is 71.9. The summed E-state index contributed by atoms with van der Waals surface area (Å²) in [7, 11) is 0. The van der Waals surface area contributed by atoms with Crippen molar-refractivity contribution in [1.29, 1.82) is 5.26 Å². The van der Waals surface area contributed by atoms with Crippen LogP contribution in [0.4, 0.5) is 0 Å². The van der Waals surface area contributed by atoms with Gasteiger partial charge in [-0.3, -0.25) is 0 Å². The fraction of sp³-hybridized carbons (Fsp3) is 0.0185. The van der Waals surface area contributed by atoms with E-state index in [4.69, 9.17) is 14.7 Å². The van der Waals surface area contributed by atoms with Crippen molar-refractivity contribution in [2.24, 2.45) is 0 Å². The molecule has 0 radical (unpaired) electrons. The van der Waals surface area contributed by atoms with Gasteiger partial charge in [0.15, 0.2) is 5.82 Å². The van der Waals surface area contributed by atoms with Gasteiger partial charge in [-0.25, -0.2) is 9.97 Å². The van der Waals surface area contributed by atoms with Gasteiger partial charge < -0.3 is 4.74 Å². The molecule has 0 saturated heterocycles. The molecule has 8 aromatic carbocycles. The van der Waals surface area contributed by atoms with Crippen molar-refractivity contribution in [1.82, 2.24) is 9.97 Å². The molecule has 58 heavy (non-hydrogen) atoms. The van der Waals surface area contributed by atoms with E-state index in [9.17, 15) is 5.26 Å². The molecule has 1 aliphatic carbocycles. The summed E-state index contributed by atoms with van der Waals surface area (Å²) in [4.78, 5) is 10.2. The lowest BCUT2D eigenvalue weighted by Gasteiger charge is -2.39. The Morgan fingerprint density at radius 1 is 0.379 bits per heavy atom. The molecule has 2 aliphatic rings. The molecule has 0 saturated carbocycles. The first-order chi connectivity index (χ1) is 28.7. The number of aromatic nitrogens is 2. The van der Waals surface area contributed by atoms with Crippen LogP contribution < -0.4 is 4.74 Å². The number of hydrogen-bond donors (Lipinski definition) is 0. The second-order valence-electron chi connectivity index (χ2n) is 14.8. The van der Waals surface area contributed by atoms with Crippen LogP contribution in [0.5, 0.6) is 11.5 Å². The van der Waals surface area contributed by atoms with Crippen molar-refractivity contribution in [3.05, 3.63) is 228 Å². The molecule has 0 unspecified atom stereocenters. The lowest BCUT2D eigenvalue weighted by molar-refractivity contribution is 0.436. The van der Waals surface area contributed by atoms with Gasteiger partial charge in [0, 0.05) is 27.8 Å². The fourth-order valence-electron chi connectivity index (χ4n) is 9.00. The number of ether oxygens (including phenoxy) is 1. The van der Waals surface area contributed by atoms with E-state index in [-0.39, 0.29) is 0 Å². The summed E-state index contributed by atoms with van der Waals surface area (Å²) in [6.45, 7) is 0. The molecule has 11 rings (SSSR count). The van der Waals surface area contributed by atoms with Crippen LogP contribution in [0, 0.1) is 11.3 Å². The van der Waals surface area contributed by atoms with Crippen molar-refractivity contribution in [2.45, 2.75) is 5.41 Å². The molecule has 2 heterocycles. The lowest BCUT2D eigenvalue weighted by Crippen LogP contribution is -2.32. The van der Waals surface area contributed by atoms with Crippen LogP contribution in [0.3, 0.4) is 0 Å². The monoisotopic (exact) mass is 739 g/mol. The predicted octanol–water partition coefficient (Wildman–Crippen LogP) is 13.2. The quantitative estimate of drug-likeness (QED) is 0.176. The largest absolute Gasteiger partial charge is 0.457 e. The van der Waals surface area contributed by atoms with E-state index >= 15 is 0 Å². The number of para-hydroxylation sites is 2. The Bertz CT molecular complexity index is 3010. The highest BCUT2D eigenvalue weighted by Crippen LogP contribution is 2.62. The highest BCUT2D eigenvalue weighted by molar-refractivity contribution is 5.92. The normalized spacial score (nSPS) is 12.7. The van der Waals surface area contributed by atoms with Crippen LogP contribution in [0.2, 0.25) is 0 Å². The van der Waals surface area contributed by atoms with Crippen molar-refractivity contribution < 1.29 is 4.74 Å². The minimum absolute atomic E-state index is 0.650. The van der Waals surface area contributed by atoms with Crippen LogP contribution >= 0.6 is 0 Å². The highest BCUT2D eigenvalue weighted by atomic mass is 16.5. The van der Waals surface area contributed by atoms with E-state index < -0.39 is 5.41 Å². The molecule has 0 N–H and O–H groups in total. The van der Waals surface area contributed by atoms with E-state index in [2.05, 4.69) is 133 Å². The number of rotatable bonds is 5. The Morgan fingerprint density at radius 3 is 1.59 bits per heavy atom. The molecule has 0 bridgehead atoms. The van der Waals surface area contributed by atoms with E-state index in [0.29, 0.717) is 11.4 Å². The topological polar surface area (TPSA) is 58.8 Å². The number of nitrogens with zero attached hydrogens (tertiary/aromatic N) is 3. The molecular weight excluding hydrogens is 707 g/mol. The first kappa shape index (κ1) is 33.5. The summed E-state index contributed by atoms with van der Waals surface area (Å²) in [6.07, 6.45) is 0. The second-order valence-corrected chi connectivity index (χ2v) is 14.8. The minimum atomic E-state index is -0.677. The van der Waals surface area contributed by atoms with E-state index in [0.717, 1.165) is 73.0 Å². The fourth-order valence-corrected chi connectivity index (χ4v) is 9.00. The molecular formula is C54H33N3O. The number of fused-ring (bicyclic) bond motifs is 9. The Kier molecular flexibility index (Phi) is 7.74. The third kappa shape index (κ3) is 5.22. The molecule has 270 valence electrons. The minimum Gasteiger partial charge on any atom is -0.457 e. The zero-order valence-electron chi connectivity index (χ0n) is 31.3. The molecule has 1 spiro atoms. The SMILES string of the molecule is N#Cc1ccccc1-c1ccc2c(c1)C1(c3ccccc3Oc3ccccc31)c1cc(-c3cccc(-c4cc(-c5ccccc5)nc(-c5ccccc5)n4)c3)ccc1-2. The summed E-state index contributed by atoms with van der Waals surface area (Å²) in [5.74, 6) is 2.36. The van der Waals surface area contributed by atoms with Gasteiger partial charge in [-0.15, -0.1) is 0 Å². The van der Waals surface area contributed by atoms with Crippen molar-refractivity contribution in [3.63, 3.8) is 0 Å². The zero-order chi connectivity index (χ0) is 38.6. The van der Waals surface area contributed by atoms with Gasteiger partial charge in [-0.1, -0.05) is 158 Å². The summed E-state index contributed by atoms with van der Waals surface area (Å²) < 4.78 is 6.65. The van der Waals surface area contributed by atoms with Crippen molar-refractivity contribution in [2.75, 3.05) is 0 Å². The van der Waals surface area contributed by atoms with Crippen LogP contribution in [-0.2, 0) is 5.41 Å². The lowest BCUT2D eigenvalue weighted by atomic mass is 9.65. The summed E-state index contributed by atoms with van der Waals surface area (Å²) >= 11 is 0. The third-order valence-electron chi connectivity index (χ3n) is 11.6. The van der Waals surface area contributed by atoms with E-state index in [1.807, 2.05) is 72.8 Å². The van der Waals surface area contributed by atoms with E-state index in [1.54, 1.807) is 0 Å². The molecule has 1 aliphatic heterocycles. The van der Waals surface area contributed by atoms with Gasteiger partial charge in [-0.05, 0) is 87.0 Å². The first-order valence-corrected chi connectivity index (χ1v) is 19.5. The molecule has 0 atom stereocenters. The summed E-state index contributed by atoms with van der Waals surface area (Å²) in [5.41, 5.74) is 15.7. The molecule has 4 heteroatoms. The van der Waals surface area contributed by atoms with Crippen LogP contribution in [0.1, 0.15) is 27.8 Å². The number of benzene rings is 8. The average molecular weight is 740 g/mol. The van der Waals surface area contributed by atoms with Crippen molar-refractivity contribution in [3.8, 4) is 84.9 Å². The summed E-state index contributed by atoms with van der Waals surface area (Å²) in [5, 5.41) is 10.1. The van der Waals surface area contributed by atoms with Gasteiger partial charge in [0.2, 0.25) is 0 Å². The van der Waals surface area contributed by atoms with Crippen LogP contribution in [0.25, 0.3) is 67.3 Å². The van der Waals surface area contributed by atoms with Gasteiger partial charge in [0.25, 0.3) is 0 Å². The molecule has 4 nitrogen and oxygen atoms in total. The Balaban J connectivity index is 1.11. The van der Waals surface area contributed by atoms with Gasteiger partial charge in [-0.2, -0.15) is 5.26 Å². The van der Waals surface area contributed by atoms with Crippen molar-refractivity contribution >= 4 is 0 Å². The molecule has 0 fully saturated rings. The number of nitriles is 1. The Morgan fingerprint density at radius 2 is 0.897 bits per heavy atom. The van der Waals surface area contributed by atoms with Crippen LogP contribution in [-0.4, -0.2) is 9.97 Å². The standard InChI is InChI=1S/C54H33N3O/c55-34-41-18-7-8-21-42(41)39-27-29-44-43-28-26-38(31-47(43)54(48(44)32-39)45-22-9-11-24-51(45)58-52-25-12-10-23-46(52)54)37-19-13-20-40(30-37)50-33-49(35-14-3-1-4-15-35)56-53(57-50)36-16-5-2-6-17-36/h1-33H. The Hall–Kier alpha value is -7.87. The second kappa shape index (κ2) is 13.4. The number of hydrogen-bond acceptors (Lipinski definition) is 4. The molecule has 9 aromatic rings. The van der Waals surface area contributed by atoms with Gasteiger partial charge in [0.1, 0.15) is 11.5 Å². The zero-order valence-corrected chi connectivity index (χ0v) is 31.3. The molecule has 0 amide bonds. The third-order valence-corrected chi connectivity index (χ3v) is 11.6. The maximum Gasteiger partial charge on any atom is 0.160 e. The Labute approximate surface area is 337 Å². The van der Waals surface area contributed by atoms with Gasteiger partial charge >= 0.3 is 0 Å². The average Bonchev–Trinajstić information content (AvgIpc) is 3.58. The van der Waals surface area contributed by atoms with Crippen LogP contribution in [0.15, 0.2) is 200 Å². The maximum atomic E-state index is 10.1. The predicted molar refractivity (Wildman–Crippen MR) is 231 cm³/mol. The smallest absolute Gasteiger partial charge is 0.160 e. The van der Waals surface area contributed by atoms with Gasteiger partial charge in [0.05, 0.1) is 28.4 Å².